The van der Waals surface area contributed by atoms with Gasteiger partial charge in [-0.2, -0.15) is 0 Å². The topological polar surface area (TPSA) is 50.9 Å². The highest BCUT2D eigenvalue weighted by Gasteiger charge is 2.17. The average molecular weight is 337 g/mol. The fourth-order valence-electron chi connectivity index (χ4n) is 3.48. The van der Waals surface area contributed by atoms with E-state index in [4.69, 9.17) is 0 Å². The molecular weight excluding hydrogens is 322 g/mol. The van der Waals surface area contributed by atoms with Crippen LogP contribution in [0.2, 0.25) is 0 Å². The first-order chi connectivity index (χ1) is 12.8. The van der Waals surface area contributed by atoms with Crippen LogP contribution >= 0.6 is 0 Å². The van der Waals surface area contributed by atoms with E-state index < -0.39 is 0 Å². The number of phenols is 1. The highest BCUT2D eigenvalue weighted by atomic mass is 16.3. The van der Waals surface area contributed by atoms with E-state index in [1.165, 1.54) is 0 Å². The zero-order valence-electron chi connectivity index (χ0n) is 13.9. The molecule has 0 saturated carbocycles. The first kappa shape index (κ1) is 14.7. The molecule has 0 aliphatic carbocycles. The van der Waals surface area contributed by atoms with Crippen LogP contribution in [-0.2, 0) is 0 Å². The van der Waals surface area contributed by atoms with Gasteiger partial charge in [0.1, 0.15) is 11.4 Å². The number of rotatable bonds is 2. The molecule has 3 heterocycles. The van der Waals surface area contributed by atoms with Gasteiger partial charge in [-0.25, -0.2) is 4.98 Å². The van der Waals surface area contributed by atoms with Crippen LogP contribution in [0.1, 0.15) is 0 Å². The second-order valence-electron chi connectivity index (χ2n) is 6.12. The Morgan fingerprint density at radius 1 is 0.692 bits per heavy atom. The van der Waals surface area contributed by atoms with Crippen LogP contribution < -0.4 is 0 Å². The number of nitrogens with zero attached hydrogens (tertiary/aromatic N) is 3. The molecule has 5 aromatic rings. The van der Waals surface area contributed by atoms with Gasteiger partial charge < -0.3 is 5.11 Å². The molecule has 0 saturated heterocycles. The van der Waals surface area contributed by atoms with Crippen molar-refractivity contribution < 1.29 is 5.11 Å². The number of hydrogen-bond donors (Lipinski definition) is 1. The molecule has 0 bridgehead atoms. The van der Waals surface area contributed by atoms with Gasteiger partial charge in [0, 0.05) is 28.7 Å². The molecule has 0 radical (unpaired) electrons. The van der Waals surface area contributed by atoms with Crippen molar-refractivity contribution >= 4 is 21.9 Å². The normalized spacial score (nSPS) is 11.2. The van der Waals surface area contributed by atoms with Crippen molar-refractivity contribution in [3.05, 3.63) is 85.2 Å². The molecular formula is C22H15N3O. The molecule has 0 unspecified atom stereocenters. The van der Waals surface area contributed by atoms with Crippen molar-refractivity contribution in [3.63, 3.8) is 0 Å². The first-order valence-electron chi connectivity index (χ1n) is 8.42. The lowest BCUT2D eigenvalue weighted by atomic mass is 10.1. The SMILES string of the molecule is Oc1c(-c2ccccn2)cccc1-n1c2ccccc2c2cccnc21. The average Bonchev–Trinajstić information content (AvgIpc) is 3.03. The maximum Gasteiger partial charge on any atom is 0.149 e. The molecule has 0 atom stereocenters. The monoisotopic (exact) mass is 337 g/mol. The standard InChI is InChI=1S/C22H15N3O/c26-21-17(18-10-3-4-13-23-18)8-5-12-20(21)25-19-11-2-1-7-15(19)16-9-6-14-24-22(16)25/h1-14,26H. The summed E-state index contributed by atoms with van der Waals surface area (Å²) in [4.78, 5) is 8.95. The van der Waals surface area contributed by atoms with E-state index in [-0.39, 0.29) is 5.75 Å². The molecule has 0 aliphatic rings. The number of aromatic hydroxyl groups is 1. The van der Waals surface area contributed by atoms with Crippen LogP contribution in [0.15, 0.2) is 85.2 Å². The minimum atomic E-state index is 0.194. The van der Waals surface area contributed by atoms with Crippen molar-refractivity contribution in [2.24, 2.45) is 0 Å². The van der Waals surface area contributed by atoms with Gasteiger partial charge in [0.15, 0.2) is 0 Å². The molecule has 124 valence electrons. The predicted octanol–water partition coefficient (Wildman–Crippen LogP) is 4.95. The molecule has 0 aliphatic heterocycles. The summed E-state index contributed by atoms with van der Waals surface area (Å²) in [6.07, 6.45) is 3.50. The van der Waals surface area contributed by atoms with E-state index >= 15 is 0 Å². The predicted molar refractivity (Wildman–Crippen MR) is 103 cm³/mol. The third-order valence-electron chi connectivity index (χ3n) is 4.63. The van der Waals surface area contributed by atoms with Crippen LogP contribution in [0.5, 0.6) is 5.75 Å². The first-order valence-corrected chi connectivity index (χ1v) is 8.42. The Kier molecular flexibility index (Phi) is 3.22. The summed E-state index contributed by atoms with van der Waals surface area (Å²) in [6, 6.07) is 23.5. The lowest BCUT2D eigenvalue weighted by Crippen LogP contribution is -1.97. The fraction of sp³-hybridized carbons (Fsp3) is 0. The summed E-state index contributed by atoms with van der Waals surface area (Å²) in [5.74, 6) is 0.194. The van der Waals surface area contributed by atoms with Crippen LogP contribution in [0.25, 0.3) is 38.9 Å². The molecule has 0 fully saturated rings. The Hall–Kier alpha value is -3.66. The second kappa shape index (κ2) is 5.70. The highest BCUT2D eigenvalue weighted by Crippen LogP contribution is 2.38. The molecule has 4 heteroatoms. The van der Waals surface area contributed by atoms with Crippen molar-refractivity contribution in [1.29, 1.82) is 0 Å². The van der Waals surface area contributed by atoms with Crippen molar-refractivity contribution in [2.75, 3.05) is 0 Å². The smallest absolute Gasteiger partial charge is 0.149 e. The van der Waals surface area contributed by atoms with Crippen molar-refractivity contribution in [1.82, 2.24) is 14.5 Å². The zero-order valence-corrected chi connectivity index (χ0v) is 13.9. The van der Waals surface area contributed by atoms with Gasteiger partial charge in [0.2, 0.25) is 0 Å². The highest BCUT2D eigenvalue weighted by molar-refractivity contribution is 6.08. The Balaban J connectivity index is 1.87. The summed E-state index contributed by atoms with van der Waals surface area (Å²) in [5, 5.41) is 13.2. The van der Waals surface area contributed by atoms with Gasteiger partial charge in [0.25, 0.3) is 0 Å². The molecule has 1 N–H and O–H groups in total. The number of fused-ring (bicyclic) bond motifs is 3. The van der Waals surface area contributed by atoms with Gasteiger partial charge in [0.05, 0.1) is 16.9 Å². The van der Waals surface area contributed by atoms with Crippen LogP contribution in [-0.4, -0.2) is 19.6 Å². The summed E-state index contributed by atoms with van der Waals surface area (Å²) >= 11 is 0. The molecule has 26 heavy (non-hydrogen) atoms. The Bertz CT molecular complexity index is 1190. The van der Waals surface area contributed by atoms with E-state index in [2.05, 4.69) is 22.1 Å². The largest absolute Gasteiger partial charge is 0.505 e. The minimum Gasteiger partial charge on any atom is -0.505 e. The number of pyridine rings is 2. The lowest BCUT2D eigenvalue weighted by Gasteiger charge is -2.12. The van der Waals surface area contributed by atoms with E-state index in [0.717, 1.165) is 27.6 Å². The van der Waals surface area contributed by atoms with Gasteiger partial charge in [-0.3, -0.25) is 9.55 Å². The van der Waals surface area contributed by atoms with E-state index in [0.29, 0.717) is 11.3 Å². The molecule has 2 aromatic carbocycles. The zero-order chi connectivity index (χ0) is 17.5. The van der Waals surface area contributed by atoms with Gasteiger partial charge in [-0.15, -0.1) is 0 Å². The maximum absolute atomic E-state index is 11.0. The quantitative estimate of drug-likeness (QED) is 0.496. The van der Waals surface area contributed by atoms with E-state index in [9.17, 15) is 5.11 Å². The van der Waals surface area contributed by atoms with Gasteiger partial charge >= 0.3 is 0 Å². The summed E-state index contributed by atoms with van der Waals surface area (Å²) < 4.78 is 2.01. The van der Waals surface area contributed by atoms with Gasteiger partial charge in [-0.1, -0.05) is 30.3 Å². The fourth-order valence-corrected chi connectivity index (χ4v) is 3.48. The number of para-hydroxylation sites is 2. The Morgan fingerprint density at radius 3 is 2.38 bits per heavy atom. The van der Waals surface area contributed by atoms with E-state index in [1.54, 1.807) is 12.4 Å². The summed E-state index contributed by atoms with van der Waals surface area (Å²) in [6.45, 7) is 0. The summed E-state index contributed by atoms with van der Waals surface area (Å²) in [7, 11) is 0. The van der Waals surface area contributed by atoms with Gasteiger partial charge in [-0.05, 0) is 42.5 Å². The number of aromatic nitrogens is 3. The maximum atomic E-state index is 11.0. The minimum absolute atomic E-state index is 0.194. The molecule has 0 spiro atoms. The molecule has 5 rings (SSSR count). The number of phenolic OH excluding ortho intramolecular Hbond substituents is 1. The van der Waals surface area contributed by atoms with Crippen LogP contribution in [0.3, 0.4) is 0 Å². The third kappa shape index (κ3) is 2.09. The number of benzene rings is 2. The molecule has 4 nitrogen and oxygen atoms in total. The lowest BCUT2D eigenvalue weighted by molar-refractivity contribution is 0.475. The Morgan fingerprint density at radius 2 is 1.50 bits per heavy atom. The molecule has 0 amide bonds. The summed E-state index contributed by atoms with van der Waals surface area (Å²) in [5.41, 5.74) is 3.96. The second-order valence-corrected chi connectivity index (χ2v) is 6.12. The van der Waals surface area contributed by atoms with Crippen LogP contribution in [0.4, 0.5) is 0 Å². The third-order valence-corrected chi connectivity index (χ3v) is 4.63. The number of hydrogen-bond acceptors (Lipinski definition) is 3. The van der Waals surface area contributed by atoms with Crippen molar-refractivity contribution in [2.45, 2.75) is 0 Å². The van der Waals surface area contributed by atoms with E-state index in [1.807, 2.05) is 65.2 Å². The Labute approximate surface area is 150 Å². The van der Waals surface area contributed by atoms with Crippen LogP contribution in [0, 0.1) is 0 Å². The van der Waals surface area contributed by atoms with Crippen molar-refractivity contribution in [3.8, 4) is 22.7 Å². The molecule has 3 aromatic heterocycles.